The van der Waals surface area contributed by atoms with E-state index in [1.807, 2.05) is 0 Å². The lowest BCUT2D eigenvalue weighted by Gasteiger charge is -2.29. The molecule has 2 N–H and O–H groups in total. The monoisotopic (exact) mass is 325 g/mol. The smallest absolute Gasteiger partial charge is 0.124 e. The van der Waals surface area contributed by atoms with Crippen molar-refractivity contribution < 1.29 is 0 Å². The summed E-state index contributed by atoms with van der Waals surface area (Å²) in [6.45, 7) is 9.62. The second-order valence-electron chi connectivity index (χ2n) is 7.10. The largest absolute Gasteiger partial charge is 0.370 e. The van der Waals surface area contributed by atoms with Gasteiger partial charge in [0.2, 0.25) is 0 Å². The molecule has 2 aliphatic rings. The predicted octanol–water partition coefficient (Wildman–Crippen LogP) is 1.88. The van der Waals surface area contributed by atoms with Crippen LogP contribution in [0.3, 0.4) is 0 Å². The Labute approximate surface area is 144 Å². The third-order valence-electron chi connectivity index (χ3n) is 5.15. The van der Waals surface area contributed by atoms with Crippen LogP contribution in [0.15, 0.2) is 30.3 Å². The molecule has 0 aliphatic carbocycles. The Kier molecular flexibility index (Phi) is 4.54. The molecule has 128 valence electrons. The lowest BCUT2D eigenvalue weighted by molar-refractivity contribution is 0.250. The molecule has 3 heterocycles. The Balaban J connectivity index is 1.19. The summed E-state index contributed by atoms with van der Waals surface area (Å²) >= 11 is 0. The van der Waals surface area contributed by atoms with Gasteiger partial charge >= 0.3 is 0 Å². The van der Waals surface area contributed by atoms with E-state index >= 15 is 0 Å². The van der Waals surface area contributed by atoms with Crippen LogP contribution in [0.4, 0.5) is 5.82 Å². The molecule has 1 aromatic heterocycles. The van der Waals surface area contributed by atoms with Gasteiger partial charge in [-0.05, 0) is 24.5 Å². The van der Waals surface area contributed by atoms with Crippen molar-refractivity contribution >= 4 is 5.82 Å². The van der Waals surface area contributed by atoms with Gasteiger partial charge in [0.25, 0.3) is 0 Å². The highest BCUT2D eigenvalue weighted by molar-refractivity contribution is 5.38. The van der Waals surface area contributed by atoms with Crippen LogP contribution in [0.25, 0.3) is 0 Å². The van der Waals surface area contributed by atoms with Gasteiger partial charge in [-0.3, -0.25) is 4.90 Å². The first-order chi connectivity index (χ1) is 11.8. The third-order valence-corrected chi connectivity index (χ3v) is 5.15. The summed E-state index contributed by atoms with van der Waals surface area (Å²) in [5, 5.41) is 11.7. The Morgan fingerprint density at radius 1 is 1.29 bits per heavy atom. The molecule has 1 aromatic carbocycles. The second-order valence-corrected chi connectivity index (χ2v) is 7.10. The van der Waals surface area contributed by atoms with Gasteiger partial charge in [-0.25, -0.2) is 4.68 Å². The van der Waals surface area contributed by atoms with Crippen molar-refractivity contribution in [2.45, 2.75) is 26.4 Å². The molecule has 0 spiro atoms. The minimum absolute atomic E-state index is 0.610. The SMILES string of the molecule is Cc1cc2n(n1)C[C@@H](CNCCN1CCc3ccccc3C1)CN2. The van der Waals surface area contributed by atoms with Crippen molar-refractivity contribution in [3.63, 3.8) is 0 Å². The Bertz CT molecular complexity index is 693. The van der Waals surface area contributed by atoms with E-state index in [0.29, 0.717) is 5.92 Å². The minimum atomic E-state index is 0.610. The van der Waals surface area contributed by atoms with Crippen molar-refractivity contribution in [2.24, 2.45) is 5.92 Å². The highest BCUT2D eigenvalue weighted by Crippen LogP contribution is 2.19. The molecule has 24 heavy (non-hydrogen) atoms. The van der Waals surface area contributed by atoms with Crippen LogP contribution in [-0.2, 0) is 19.5 Å². The molecule has 2 aromatic rings. The topological polar surface area (TPSA) is 45.1 Å². The quantitative estimate of drug-likeness (QED) is 0.824. The first-order valence-electron chi connectivity index (χ1n) is 9.06. The van der Waals surface area contributed by atoms with Gasteiger partial charge < -0.3 is 10.6 Å². The average Bonchev–Trinajstić information content (AvgIpc) is 2.98. The molecule has 0 saturated carbocycles. The predicted molar refractivity (Wildman–Crippen MR) is 97.2 cm³/mol. The Hall–Kier alpha value is -1.85. The second kappa shape index (κ2) is 6.95. The van der Waals surface area contributed by atoms with Crippen LogP contribution in [0.2, 0.25) is 0 Å². The van der Waals surface area contributed by atoms with E-state index in [0.717, 1.165) is 50.8 Å². The Morgan fingerprint density at radius 2 is 2.17 bits per heavy atom. The molecular formula is C19H27N5. The van der Waals surface area contributed by atoms with Crippen LogP contribution in [-0.4, -0.2) is 47.4 Å². The van der Waals surface area contributed by atoms with Gasteiger partial charge in [0.05, 0.1) is 5.69 Å². The number of fused-ring (bicyclic) bond motifs is 2. The van der Waals surface area contributed by atoms with Gasteiger partial charge in [0, 0.05) is 57.8 Å². The number of hydrogen-bond acceptors (Lipinski definition) is 4. The molecule has 5 heteroatoms. The highest BCUT2D eigenvalue weighted by atomic mass is 15.3. The number of benzene rings is 1. The number of aryl methyl sites for hydroxylation is 1. The fourth-order valence-corrected chi connectivity index (χ4v) is 3.81. The summed E-state index contributed by atoms with van der Waals surface area (Å²) in [7, 11) is 0. The van der Waals surface area contributed by atoms with Crippen molar-refractivity contribution in [2.75, 3.05) is 38.0 Å². The van der Waals surface area contributed by atoms with Gasteiger partial charge in [0.15, 0.2) is 0 Å². The maximum Gasteiger partial charge on any atom is 0.124 e. The highest BCUT2D eigenvalue weighted by Gasteiger charge is 2.19. The third kappa shape index (κ3) is 3.47. The van der Waals surface area contributed by atoms with E-state index < -0.39 is 0 Å². The van der Waals surface area contributed by atoms with Crippen molar-refractivity contribution in [1.29, 1.82) is 0 Å². The molecule has 2 aliphatic heterocycles. The van der Waals surface area contributed by atoms with Crippen LogP contribution in [0.5, 0.6) is 0 Å². The van der Waals surface area contributed by atoms with Crippen LogP contribution < -0.4 is 10.6 Å². The fraction of sp³-hybridized carbons (Fsp3) is 0.526. The first-order valence-corrected chi connectivity index (χ1v) is 9.06. The van der Waals surface area contributed by atoms with E-state index in [9.17, 15) is 0 Å². The number of aromatic nitrogens is 2. The van der Waals surface area contributed by atoms with Crippen LogP contribution in [0.1, 0.15) is 16.8 Å². The van der Waals surface area contributed by atoms with E-state index in [4.69, 9.17) is 0 Å². The molecule has 1 atom stereocenters. The molecular weight excluding hydrogens is 298 g/mol. The molecule has 0 amide bonds. The molecule has 0 saturated heterocycles. The molecule has 4 rings (SSSR count). The van der Waals surface area contributed by atoms with Crippen molar-refractivity contribution in [3.8, 4) is 0 Å². The lowest BCUT2D eigenvalue weighted by atomic mass is 10.00. The fourth-order valence-electron chi connectivity index (χ4n) is 3.81. The van der Waals surface area contributed by atoms with Gasteiger partial charge in [-0.1, -0.05) is 24.3 Å². The molecule has 0 radical (unpaired) electrons. The molecule has 5 nitrogen and oxygen atoms in total. The standard InChI is InChI=1S/C19H27N5/c1-15-10-19-21-12-16(13-24(19)22-15)11-20-7-9-23-8-6-17-4-2-3-5-18(17)14-23/h2-5,10,16,20-21H,6-9,11-14H2,1H3/t16-/m0/s1. The summed E-state index contributed by atoms with van der Waals surface area (Å²) in [5.41, 5.74) is 4.12. The summed E-state index contributed by atoms with van der Waals surface area (Å²) in [6.07, 6.45) is 1.18. The van der Waals surface area contributed by atoms with Gasteiger partial charge in [-0.15, -0.1) is 0 Å². The van der Waals surface area contributed by atoms with Gasteiger partial charge in [0.1, 0.15) is 5.82 Å². The number of rotatable bonds is 5. The zero-order valence-corrected chi connectivity index (χ0v) is 14.5. The normalized spacial score (nSPS) is 20.3. The summed E-state index contributed by atoms with van der Waals surface area (Å²) < 4.78 is 2.10. The van der Waals surface area contributed by atoms with Crippen molar-refractivity contribution in [3.05, 3.63) is 47.2 Å². The number of nitrogens with zero attached hydrogens (tertiary/aromatic N) is 3. The summed E-state index contributed by atoms with van der Waals surface area (Å²) in [4.78, 5) is 2.56. The van der Waals surface area contributed by atoms with Crippen LogP contribution >= 0.6 is 0 Å². The first kappa shape index (κ1) is 15.7. The zero-order chi connectivity index (χ0) is 16.4. The zero-order valence-electron chi connectivity index (χ0n) is 14.5. The van der Waals surface area contributed by atoms with E-state index in [-0.39, 0.29) is 0 Å². The molecule has 0 bridgehead atoms. The Morgan fingerprint density at radius 3 is 3.08 bits per heavy atom. The lowest BCUT2D eigenvalue weighted by Crippen LogP contribution is -2.40. The minimum Gasteiger partial charge on any atom is -0.370 e. The number of nitrogens with one attached hydrogen (secondary N) is 2. The maximum atomic E-state index is 4.54. The van der Waals surface area contributed by atoms with E-state index in [1.54, 1.807) is 0 Å². The van der Waals surface area contributed by atoms with Crippen LogP contribution in [0, 0.1) is 12.8 Å². The van der Waals surface area contributed by atoms with E-state index in [2.05, 4.69) is 62.6 Å². The van der Waals surface area contributed by atoms with E-state index in [1.165, 1.54) is 24.1 Å². The summed E-state index contributed by atoms with van der Waals surface area (Å²) in [6, 6.07) is 11.0. The van der Waals surface area contributed by atoms with Crippen molar-refractivity contribution in [1.82, 2.24) is 20.0 Å². The maximum absolute atomic E-state index is 4.54. The number of hydrogen-bond donors (Lipinski definition) is 2. The average molecular weight is 325 g/mol. The molecule has 0 fully saturated rings. The molecule has 0 unspecified atom stereocenters. The van der Waals surface area contributed by atoms with Gasteiger partial charge in [-0.2, -0.15) is 5.10 Å². The summed E-state index contributed by atoms with van der Waals surface area (Å²) in [5.74, 6) is 1.77. The number of anilines is 1.